The fraction of sp³-hybridized carbons (Fsp3) is 0.800. The monoisotopic (exact) mass is 295 g/mol. The Labute approximate surface area is 125 Å². The maximum atomic E-state index is 6.35. The fourth-order valence-corrected chi connectivity index (χ4v) is 4.13. The van der Waals surface area contributed by atoms with Gasteiger partial charge in [-0.2, -0.15) is 0 Å². The van der Waals surface area contributed by atoms with Crippen LogP contribution in [0, 0.1) is 6.92 Å². The Morgan fingerprint density at radius 1 is 1.50 bits per heavy atom. The molecule has 2 saturated heterocycles. The van der Waals surface area contributed by atoms with Crippen LogP contribution in [0.15, 0.2) is 5.51 Å². The van der Waals surface area contributed by atoms with Gasteiger partial charge in [0, 0.05) is 30.6 Å². The van der Waals surface area contributed by atoms with Crippen molar-refractivity contribution in [1.29, 1.82) is 0 Å². The third kappa shape index (κ3) is 2.91. The quantitative estimate of drug-likeness (QED) is 0.927. The Morgan fingerprint density at radius 3 is 2.90 bits per heavy atom. The molecule has 1 aromatic heterocycles. The van der Waals surface area contributed by atoms with Crippen molar-refractivity contribution in [3.05, 3.63) is 16.1 Å². The molecule has 2 aliphatic heterocycles. The first-order valence-electron chi connectivity index (χ1n) is 7.57. The summed E-state index contributed by atoms with van der Waals surface area (Å²) in [5.74, 6) is 0. The summed E-state index contributed by atoms with van der Waals surface area (Å²) in [6.07, 6.45) is 3.81. The molecule has 1 N–H and O–H groups in total. The Bertz CT molecular complexity index is 454. The number of piperidine rings is 1. The van der Waals surface area contributed by atoms with Gasteiger partial charge in [0.2, 0.25) is 0 Å². The molecule has 5 heteroatoms. The molecule has 112 valence electrons. The molecule has 0 radical (unpaired) electrons. The van der Waals surface area contributed by atoms with Gasteiger partial charge in [-0.3, -0.25) is 0 Å². The molecule has 20 heavy (non-hydrogen) atoms. The van der Waals surface area contributed by atoms with Crippen LogP contribution in [0.2, 0.25) is 0 Å². The number of rotatable bonds is 3. The van der Waals surface area contributed by atoms with Gasteiger partial charge in [0.05, 0.1) is 22.9 Å². The smallest absolute Gasteiger partial charge is 0.0798 e. The minimum absolute atomic E-state index is 0.131. The molecule has 2 atom stereocenters. The molecule has 2 aliphatic rings. The lowest BCUT2D eigenvalue weighted by Crippen LogP contribution is -2.43. The first-order valence-corrected chi connectivity index (χ1v) is 8.45. The molecule has 3 rings (SSSR count). The maximum Gasteiger partial charge on any atom is 0.0798 e. The second-order valence-corrected chi connectivity index (χ2v) is 7.30. The van der Waals surface area contributed by atoms with Crippen LogP contribution in [-0.4, -0.2) is 47.8 Å². The van der Waals surface area contributed by atoms with Gasteiger partial charge >= 0.3 is 0 Å². The largest absolute Gasteiger partial charge is 0.370 e. The topological polar surface area (TPSA) is 37.4 Å². The second kappa shape index (κ2) is 5.72. The number of nitrogens with one attached hydrogen (secondary N) is 1. The Hall–Kier alpha value is -0.490. The number of aryl methyl sites for hydroxylation is 1. The summed E-state index contributed by atoms with van der Waals surface area (Å²) in [7, 11) is 2.20. The Balaban J connectivity index is 1.57. The van der Waals surface area contributed by atoms with E-state index in [0.717, 1.165) is 31.7 Å². The summed E-state index contributed by atoms with van der Waals surface area (Å²) < 4.78 is 6.35. The Morgan fingerprint density at radius 2 is 2.25 bits per heavy atom. The van der Waals surface area contributed by atoms with Crippen LogP contribution in [0.3, 0.4) is 0 Å². The highest BCUT2D eigenvalue weighted by Gasteiger charge is 2.45. The highest BCUT2D eigenvalue weighted by atomic mass is 32.1. The van der Waals surface area contributed by atoms with Crippen LogP contribution in [0.25, 0.3) is 0 Å². The predicted molar refractivity (Wildman–Crippen MR) is 82.1 cm³/mol. The molecule has 0 saturated carbocycles. The number of likely N-dealkylation sites (tertiary alicyclic amines) is 1. The summed E-state index contributed by atoms with van der Waals surface area (Å²) in [6.45, 7) is 7.54. The zero-order valence-electron chi connectivity index (χ0n) is 12.7. The van der Waals surface area contributed by atoms with E-state index in [1.165, 1.54) is 17.7 Å². The first-order chi connectivity index (χ1) is 9.58. The molecule has 0 aromatic carbocycles. The van der Waals surface area contributed by atoms with Gasteiger partial charge in [0.25, 0.3) is 0 Å². The minimum Gasteiger partial charge on any atom is -0.370 e. The minimum atomic E-state index is 0.131. The number of hydrogen-bond acceptors (Lipinski definition) is 5. The van der Waals surface area contributed by atoms with Crippen molar-refractivity contribution in [3.63, 3.8) is 0 Å². The van der Waals surface area contributed by atoms with Crippen LogP contribution in [0.1, 0.15) is 36.8 Å². The standard InChI is InChI=1S/C15H25N3OS/c1-11-14(20-10-17-11)9-16-13-8-15(19-12(13)2)4-6-18(3)7-5-15/h10,12-13,16H,4-9H2,1-3H3/t12-,13-/m1/s1. The molecule has 0 amide bonds. The molecular formula is C15H25N3OS. The van der Waals surface area contributed by atoms with E-state index in [1.54, 1.807) is 11.3 Å². The van der Waals surface area contributed by atoms with Gasteiger partial charge < -0.3 is 15.0 Å². The van der Waals surface area contributed by atoms with Crippen molar-refractivity contribution in [2.75, 3.05) is 20.1 Å². The van der Waals surface area contributed by atoms with Crippen molar-refractivity contribution in [2.24, 2.45) is 0 Å². The van der Waals surface area contributed by atoms with Crippen molar-refractivity contribution < 1.29 is 4.74 Å². The summed E-state index contributed by atoms with van der Waals surface area (Å²) in [5.41, 5.74) is 3.22. The van der Waals surface area contributed by atoms with Crippen molar-refractivity contribution >= 4 is 11.3 Å². The molecule has 2 fully saturated rings. The van der Waals surface area contributed by atoms with Gasteiger partial charge in [-0.15, -0.1) is 11.3 Å². The molecule has 0 unspecified atom stereocenters. The third-order valence-electron chi connectivity index (χ3n) is 4.86. The molecule has 1 spiro atoms. The second-order valence-electron chi connectivity index (χ2n) is 6.36. The lowest BCUT2D eigenvalue weighted by Gasteiger charge is -2.37. The summed E-state index contributed by atoms with van der Waals surface area (Å²) >= 11 is 1.74. The predicted octanol–water partition coefficient (Wildman–Crippen LogP) is 2.18. The van der Waals surface area contributed by atoms with E-state index >= 15 is 0 Å². The highest BCUT2D eigenvalue weighted by molar-refractivity contribution is 7.09. The normalized spacial score (nSPS) is 30.1. The van der Waals surface area contributed by atoms with Gasteiger partial charge in [-0.05, 0) is 40.2 Å². The van der Waals surface area contributed by atoms with Crippen LogP contribution in [-0.2, 0) is 11.3 Å². The number of ether oxygens (including phenoxy) is 1. The summed E-state index contributed by atoms with van der Waals surface area (Å²) in [5, 5.41) is 3.69. The maximum absolute atomic E-state index is 6.35. The molecule has 0 bridgehead atoms. The van der Waals surface area contributed by atoms with Gasteiger partial charge in [-0.1, -0.05) is 0 Å². The zero-order chi connectivity index (χ0) is 14.2. The summed E-state index contributed by atoms with van der Waals surface area (Å²) in [4.78, 5) is 8.07. The van der Waals surface area contributed by atoms with Crippen LogP contribution in [0.5, 0.6) is 0 Å². The average molecular weight is 295 g/mol. The molecule has 0 aliphatic carbocycles. The van der Waals surface area contributed by atoms with Gasteiger partial charge in [-0.25, -0.2) is 4.98 Å². The molecule has 4 nitrogen and oxygen atoms in total. The first kappa shape index (κ1) is 14.4. The molecule has 3 heterocycles. The number of thiazole rings is 1. The summed E-state index contributed by atoms with van der Waals surface area (Å²) in [6, 6.07) is 0.472. The fourth-order valence-electron chi connectivity index (χ4n) is 3.40. The third-order valence-corrected chi connectivity index (χ3v) is 5.80. The van der Waals surface area contributed by atoms with Gasteiger partial charge in [0.15, 0.2) is 0 Å². The van der Waals surface area contributed by atoms with Crippen molar-refractivity contribution in [3.8, 4) is 0 Å². The van der Waals surface area contributed by atoms with E-state index in [4.69, 9.17) is 4.74 Å². The van der Waals surface area contributed by atoms with E-state index in [9.17, 15) is 0 Å². The molecular weight excluding hydrogens is 270 g/mol. The highest BCUT2D eigenvalue weighted by Crippen LogP contribution is 2.38. The Kier molecular flexibility index (Phi) is 4.13. The number of hydrogen-bond donors (Lipinski definition) is 1. The molecule has 1 aromatic rings. The lowest BCUT2D eigenvalue weighted by molar-refractivity contribution is -0.0693. The number of aromatic nitrogens is 1. The average Bonchev–Trinajstić information content (AvgIpc) is 2.96. The van der Waals surface area contributed by atoms with Gasteiger partial charge in [0.1, 0.15) is 0 Å². The van der Waals surface area contributed by atoms with E-state index in [2.05, 4.69) is 36.1 Å². The van der Waals surface area contributed by atoms with E-state index in [0.29, 0.717) is 12.1 Å². The zero-order valence-corrected chi connectivity index (χ0v) is 13.5. The van der Waals surface area contributed by atoms with Crippen LogP contribution >= 0.6 is 11.3 Å². The van der Waals surface area contributed by atoms with E-state index in [-0.39, 0.29) is 5.60 Å². The van der Waals surface area contributed by atoms with Crippen molar-refractivity contribution in [1.82, 2.24) is 15.2 Å². The van der Waals surface area contributed by atoms with Crippen LogP contribution in [0.4, 0.5) is 0 Å². The van der Waals surface area contributed by atoms with Crippen molar-refractivity contribution in [2.45, 2.75) is 57.4 Å². The van der Waals surface area contributed by atoms with E-state index in [1.807, 2.05) is 5.51 Å². The SMILES string of the molecule is Cc1ncsc1CN[C@@H]1CC2(CCN(C)CC2)O[C@@H]1C. The lowest BCUT2D eigenvalue weighted by atomic mass is 9.87. The number of nitrogens with zero attached hydrogens (tertiary/aromatic N) is 2. The van der Waals surface area contributed by atoms with E-state index < -0.39 is 0 Å². The van der Waals surface area contributed by atoms with Crippen LogP contribution < -0.4 is 5.32 Å².